The van der Waals surface area contributed by atoms with Gasteiger partial charge in [0, 0.05) is 0 Å². The van der Waals surface area contributed by atoms with Crippen LogP contribution < -0.4 is 7.48 Å². The summed E-state index contributed by atoms with van der Waals surface area (Å²) < 4.78 is 2.14. The number of halogens is 2. The van der Waals surface area contributed by atoms with Gasteiger partial charge in [0.15, 0.2) is 0 Å². The predicted octanol–water partition coefficient (Wildman–Crippen LogP) is 1.06. The summed E-state index contributed by atoms with van der Waals surface area (Å²) in [6.07, 6.45) is 3.58. The molecule has 0 bridgehead atoms. The zero-order valence-electron chi connectivity index (χ0n) is 7.93. The van der Waals surface area contributed by atoms with Crippen molar-refractivity contribution in [2.45, 2.75) is 0 Å². The molecule has 16 heavy (non-hydrogen) atoms. The van der Waals surface area contributed by atoms with E-state index in [1.807, 2.05) is 24.3 Å². The number of aromatic nitrogens is 2. The standard InChI is InChI=1S/C10H6Cl2N2Te2/c11-7-3-1-5-13-9(7)15-16-10-8(12)4-2-6-14-10/h1-6H. The molecule has 0 aliphatic rings. The molecule has 0 aromatic carbocycles. The zero-order valence-corrected chi connectivity index (χ0v) is 14.1. The first-order chi connectivity index (χ1) is 7.77. The molecule has 2 heterocycles. The van der Waals surface area contributed by atoms with Crippen molar-refractivity contribution in [3.63, 3.8) is 0 Å². The van der Waals surface area contributed by atoms with E-state index in [0.29, 0.717) is 0 Å². The van der Waals surface area contributed by atoms with Gasteiger partial charge in [0.25, 0.3) is 0 Å². The average Bonchev–Trinajstić information content (AvgIpc) is 2.30. The Balaban J connectivity index is 2.09. The number of hydrogen-bond acceptors (Lipinski definition) is 2. The topological polar surface area (TPSA) is 25.8 Å². The second-order valence-electron chi connectivity index (χ2n) is 2.75. The van der Waals surface area contributed by atoms with Crippen LogP contribution in [0.4, 0.5) is 0 Å². The monoisotopic (exact) mass is 484 g/mol. The fourth-order valence-corrected chi connectivity index (χ4v) is 13.6. The van der Waals surface area contributed by atoms with Gasteiger partial charge in [0.05, 0.1) is 0 Å². The number of hydrogen-bond donors (Lipinski definition) is 0. The molecule has 0 fully saturated rings. The fourth-order valence-electron chi connectivity index (χ4n) is 0.944. The summed E-state index contributed by atoms with van der Waals surface area (Å²) in [7, 11) is 0. The average molecular weight is 480 g/mol. The Bertz CT molecular complexity index is 448. The molecule has 0 aliphatic heterocycles. The molecule has 82 valence electrons. The Labute approximate surface area is 120 Å². The van der Waals surface area contributed by atoms with Gasteiger partial charge in [-0.25, -0.2) is 0 Å². The number of pyridine rings is 2. The van der Waals surface area contributed by atoms with E-state index < -0.39 is 0 Å². The van der Waals surface area contributed by atoms with E-state index in [4.69, 9.17) is 23.2 Å². The molecule has 2 aromatic heterocycles. The summed E-state index contributed by atoms with van der Waals surface area (Å²) in [5, 5.41) is 1.56. The Morgan fingerprint density at radius 2 is 1.25 bits per heavy atom. The summed E-state index contributed by atoms with van der Waals surface area (Å²) in [6, 6.07) is 7.49. The van der Waals surface area contributed by atoms with Crippen LogP contribution in [0.5, 0.6) is 0 Å². The van der Waals surface area contributed by atoms with E-state index in [9.17, 15) is 0 Å². The van der Waals surface area contributed by atoms with Crippen LogP contribution in [0.3, 0.4) is 0 Å². The molecule has 0 saturated heterocycles. The van der Waals surface area contributed by atoms with Crippen LogP contribution >= 0.6 is 23.2 Å². The molecule has 0 amide bonds. The maximum atomic E-state index is 6.07. The van der Waals surface area contributed by atoms with Gasteiger partial charge in [-0.2, -0.15) is 0 Å². The van der Waals surface area contributed by atoms with E-state index in [2.05, 4.69) is 9.97 Å². The van der Waals surface area contributed by atoms with Crippen molar-refractivity contribution in [3.8, 4) is 0 Å². The van der Waals surface area contributed by atoms with Crippen LogP contribution in [0.15, 0.2) is 36.7 Å². The summed E-state index contributed by atoms with van der Waals surface area (Å²) >= 11 is 11.5. The minimum atomic E-state index is -0.337. The molecule has 2 aromatic rings. The molecule has 2 rings (SSSR count). The van der Waals surface area contributed by atoms with Crippen molar-refractivity contribution < 1.29 is 0 Å². The van der Waals surface area contributed by atoms with Crippen molar-refractivity contribution in [1.82, 2.24) is 9.97 Å². The molecule has 0 radical (unpaired) electrons. The maximum absolute atomic E-state index is 6.07. The Morgan fingerprint density at radius 3 is 1.62 bits per heavy atom. The number of nitrogens with zero attached hydrogens (tertiary/aromatic N) is 2. The second kappa shape index (κ2) is 6.41. The molecule has 0 aliphatic carbocycles. The first kappa shape index (κ1) is 12.9. The Morgan fingerprint density at radius 1 is 0.812 bits per heavy atom. The van der Waals surface area contributed by atoms with Crippen molar-refractivity contribution in [1.29, 1.82) is 0 Å². The van der Waals surface area contributed by atoms with Crippen LogP contribution in [0, 0.1) is 0 Å². The molecule has 0 unspecified atom stereocenters. The van der Waals surface area contributed by atoms with E-state index in [-0.39, 0.29) is 34.1 Å². The second-order valence-corrected chi connectivity index (χ2v) is 13.1. The third-order valence-electron chi connectivity index (χ3n) is 1.65. The number of rotatable bonds is 3. The summed E-state index contributed by atoms with van der Waals surface area (Å²) in [4.78, 5) is 8.62. The first-order valence-electron chi connectivity index (χ1n) is 4.33. The van der Waals surface area contributed by atoms with Gasteiger partial charge in [0.2, 0.25) is 0 Å². The minimum absolute atomic E-state index is 0.337. The van der Waals surface area contributed by atoms with E-state index in [1.54, 1.807) is 12.4 Å². The molecule has 0 spiro atoms. The van der Waals surface area contributed by atoms with Crippen molar-refractivity contribution in [2.24, 2.45) is 0 Å². The van der Waals surface area contributed by atoms with Crippen molar-refractivity contribution >= 4 is 64.8 Å². The molecular formula is C10H6Cl2N2Te2. The van der Waals surface area contributed by atoms with Crippen molar-refractivity contribution in [3.05, 3.63) is 46.7 Å². The van der Waals surface area contributed by atoms with Gasteiger partial charge in [-0.1, -0.05) is 0 Å². The molecule has 0 atom stereocenters. The third-order valence-corrected chi connectivity index (χ3v) is 13.6. The van der Waals surface area contributed by atoms with Crippen LogP contribution in [-0.4, -0.2) is 44.1 Å². The van der Waals surface area contributed by atoms with Crippen LogP contribution in [0.1, 0.15) is 0 Å². The summed E-state index contributed by atoms with van der Waals surface area (Å²) in [5.41, 5.74) is 0. The van der Waals surface area contributed by atoms with Crippen LogP contribution in [-0.2, 0) is 0 Å². The van der Waals surface area contributed by atoms with E-state index in [1.165, 1.54) is 0 Å². The van der Waals surface area contributed by atoms with Gasteiger partial charge in [-0.05, 0) is 0 Å². The quantitative estimate of drug-likeness (QED) is 0.615. The zero-order chi connectivity index (χ0) is 11.4. The van der Waals surface area contributed by atoms with Crippen molar-refractivity contribution in [2.75, 3.05) is 0 Å². The predicted molar refractivity (Wildman–Crippen MR) is 69.3 cm³/mol. The van der Waals surface area contributed by atoms with Crippen LogP contribution in [0.25, 0.3) is 0 Å². The molecule has 6 heteroatoms. The van der Waals surface area contributed by atoms with Gasteiger partial charge in [-0.3, -0.25) is 0 Å². The van der Waals surface area contributed by atoms with Gasteiger partial charge in [0.1, 0.15) is 0 Å². The first-order valence-corrected chi connectivity index (χ1v) is 14.7. The van der Waals surface area contributed by atoms with Gasteiger partial charge >= 0.3 is 121 Å². The van der Waals surface area contributed by atoms with Gasteiger partial charge in [-0.15, -0.1) is 0 Å². The van der Waals surface area contributed by atoms with E-state index >= 15 is 0 Å². The van der Waals surface area contributed by atoms with Gasteiger partial charge < -0.3 is 0 Å². The SMILES string of the molecule is Clc1cccnc1[Te][Te]c1ncccc1Cl. The Kier molecular flexibility index (Phi) is 5.17. The molecular weight excluding hydrogens is 474 g/mol. The van der Waals surface area contributed by atoms with E-state index in [0.717, 1.165) is 17.5 Å². The molecule has 0 N–H and O–H groups in total. The van der Waals surface area contributed by atoms with Crippen LogP contribution in [0.2, 0.25) is 10.0 Å². The summed E-state index contributed by atoms with van der Waals surface area (Å²) in [6.45, 7) is 0. The Hall–Kier alpha value is 0.459. The molecule has 2 nitrogen and oxygen atoms in total. The summed E-state index contributed by atoms with van der Waals surface area (Å²) in [5.74, 6) is 0. The fraction of sp³-hybridized carbons (Fsp3) is 0. The molecule has 0 saturated carbocycles. The third kappa shape index (κ3) is 3.47. The normalized spacial score (nSPS) is 10.4.